The number of methoxy groups -OCH3 is 1. The molecule has 34 heavy (non-hydrogen) atoms. The van der Waals surface area contributed by atoms with Crippen molar-refractivity contribution in [3.05, 3.63) is 53.6 Å². The van der Waals surface area contributed by atoms with Crippen molar-refractivity contribution < 1.29 is 32.2 Å². The van der Waals surface area contributed by atoms with Crippen LogP contribution in [0.5, 0.6) is 11.5 Å². The van der Waals surface area contributed by atoms with Gasteiger partial charge in [0.25, 0.3) is 0 Å². The van der Waals surface area contributed by atoms with E-state index in [9.17, 15) is 18.0 Å². The summed E-state index contributed by atoms with van der Waals surface area (Å²) in [5, 5.41) is 0. The van der Waals surface area contributed by atoms with Gasteiger partial charge in [0.15, 0.2) is 0 Å². The third kappa shape index (κ3) is 4.80. The van der Waals surface area contributed by atoms with Crippen molar-refractivity contribution >= 4 is 25.4 Å². The van der Waals surface area contributed by atoms with Gasteiger partial charge in [-0.25, -0.2) is 0 Å². The van der Waals surface area contributed by atoms with E-state index in [1.807, 2.05) is 6.07 Å². The quantitative estimate of drug-likeness (QED) is 0.384. The van der Waals surface area contributed by atoms with E-state index >= 15 is 0 Å². The topological polar surface area (TPSA) is 44.8 Å². The monoisotopic (exact) mass is 542 g/mol. The molecule has 2 aromatic rings. The third-order valence-corrected chi connectivity index (χ3v) is 10.7. The van der Waals surface area contributed by atoms with Gasteiger partial charge in [-0.3, -0.25) is 0 Å². The van der Waals surface area contributed by atoms with E-state index in [4.69, 9.17) is 9.47 Å². The zero-order valence-electron chi connectivity index (χ0n) is 19.7. The number of fused-ring (bicyclic) bond motifs is 2. The maximum atomic E-state index is 12.6. The minimum absolute atomic E-state index is 0.00742. The van der Waals surface area contributed by atoms with Crippen LogP contribution in [-0.2, 0) is 22.6 Å². The number of esters is 1. The molecule has 8 heteroatoms. The number of benzene rings is 2. The van der Waals surface area contributed by atoms with Gasteiger partial charge in [0.1, 0.15) is 0 Å². The van der Waals surface area contributed by atoms with Crippen molar-refractivity contribution in [2.24, 2.45) is 11.3 Å². The van der Waals surface area contributed by atoms with Gasteiger partial charge in [-0.15, -0.1) is 0 Å². The van der Waals surface area contributed by atoms with E-state index in [2.05, 4.69) is 49.8 Å². The van der Waals surface area contributed by atoms with Crippen LogP contribution in [0.25, 0.3) is 0 Å². The zero-order valence-corrected chi connectivity index (χ0v) is 21.4. The molecule has 2 aliphatic rings. The van der Waals surface area contributed by atoms with Crippen LogP contribution >= 0.6 is 0 Å². The maximum absolute atomic E-state index is 12.6. The second-order valence-electron chi connectivity index (χ2n) is 9.81. The predicted molar refractivity (Wildman–Crippen MR) is 124 cm³/mol. The Hall–Kier alpha value is -2.18. The van der Waals surface area contributed by atoms with Crippen LogP contribution in [0, 0.1) is 11.3 Å². The molecule has 0 unspecified atom stereocenters. The average Bonchev–Trinajstić information content (AvgIpc) is 2.78. The molecule has 1 aliphatic heterocycles. The van der Waals surface area contributed by atoms with Crippen molar-refractivity contribution in [3.8, 4) is 11.5 Å². The van der Waals surface area contributed by atoms with E-state index in [0.29, 0.717) is 36.8 Å². The molecular formula is C26H29F3O4Se. The second kappa shape index (κ2) is 9.12. The molecule has 0 aromatic heterocycles. The molecular weight excluding hydrogens is 512 g/mol. The molecule has 1 saturated carbocycles. The summed E-state index contributed by atoms with van der Waals surface area (Å²) in [5.74, 6) is -0.902. The van der Waals surface area contributed by atoms with Crippen LogP contribution in [-0.4, -0.2) is 39.8 Å². The summed E-state index contributed by atoms with van der Waals surface area (Å²) in [6, 6.07) is 13.9. The summed E-state index contributed by atoms with van der Waals surface area (Å²) in [6.45, 7) is 6.30. The number of hydrogen-bond acceptors (Lipinski definition) is 4. The van der Waals surface area contributed by atoms with Crippen LogP contribution in [0.2, 0.25) is 4.82 Å². The molecule has 0 N–H and O–H groups in total. The van der Waals surface area contributed by atoms with Gasteiger partial charge in [-0.2, -0.15) is 0 Å². The van der Waals surface area contributed by atoms with E-state index in [1.165, 1.54) is 11.6 Å². The van der Waals surface area contributed by atoms with Crippen molar-refractivity contribution in [3.63, 3.8) is 0 Å². The summed E-state index contributed by atoms with van der Waals surface area (Å²) in [7, 11) is 1.50. The van der Waals surface area contributed by atoms with Crippen molar-refractivity contribution in [2.75, 3.05) is 7.11 Å². The second-order valence-corrected chi connectivity index (χ2v) is 12.5. The fourth-order valence-electron chi connectivity index (χ4n) is 5.36. The van der Waals surface area contributed by atoms with E-state index in [1.54, 1.807) is 12.1 Å². The number of carbonyl (C=O) groups excluding carboxylic acids is 1. The number of hydrogen-bond donors (Lipinski definition) is 0. The van der Waals surface area contributed by atoms with E-state index < -0.39 is 18.8 Å². The van der Waals surface area contributed by atoms with Crippen LogP contribution in [0.15, 0.2) is 42.5 Å². The van der Waals surface area contributed by atoms with Gasteiger partial charge in [0.05, 0.1) is 0 Å². The normalized spacial score (nSPS) is 25.5. The Morgan fingerprint density at radius 2 is 1.88 bits per heavy atom. The Morgan fingerprint density at radius 3 is 2.53 bits per heavy atom. The molecule has 4 nitrogen and oxygen atoms in total. The van der Waals surface area contributed by atoms with Gasteiger partial charge in [0, 0.05) is 0 Å². The molecule has 1 heterocycles. The Morgan fingerprint density at radius 1 is 1.18 bits per heavy atom. The van der Waals surface area contributed by atoms with Gasteiger partial charge < -0.3 is 0 Å². The number of rotatable bonds is 5. The summed E-state index contributed by atoms with van der Waals surface area (Å²) < 4.78 is 55.7. The first kappa shape index (κ1) is 24.9. The Kier molecular flexibility index (Phi) is 6.69. The van der Waals surface area contributed by atoms with Crippen molar-refractivity contribution in [1.29, 1.82) is 0 Å². The summed E-state index contributed by atoms with van der Waals surface area (Å²) >= 11 is 0.317. The fraction of sp³-hybridized carbons (Fsp3) is 0.500. The molecule has 2 aromatic carbocycles. The molecule has 1 aliphatic carbocycles. The number of halogens is 3. The van der Waals surface area contributed by atoms with Crippen LogP contribution in [0.3, 0.4) is 0 Å². The van der Waals surface area contributed by atoms with Crippen molar-refractivity contribution in [1.82, 2.24) is 0 Å². The molecule has 184 valence electrons. The molecule has 0 amide bonds. The van der Waals surface area contributed by atoms with E-state index in [-0.39, 0.29) is 16.9 Å². The molecule has 4 rings (SSSR count). The minimum atomic E-state index is -5.02. The summed E-state index contributed by atoms with van der Waals surface area (Å²) in [4.78, 5) is 11.7. The number of alkyl halides is 3. The first-order valence-electron chi connectivity index (χ1n) is 11.3. The fourth-order valence-corrected chi connectivity index (χ4v) is 8.18. The number of ether oxygens (including phenoxy) is 3. The molecule has 0 spiro atoms. The number of carbonyl (C=O) groups is 1. The van der Waals surface area contributed by atoms with Crippen LogP contribution in [0.1, 0.15) is 44.7 Å². The standard InChI is InChI=1S/C26H29F3O4Se/c1-24(2)20-14-17-12-16(15-32-23(30)26(27,28)29)13-19(31-4)22(17)33-25(20,3)11-10-21(24)34-18-8-6-5-7-9-18/h5-9,12-13,20-21H,10-11,14-15H2,1-4H3/t20-,21+,25+/m1/s1. The molecule has 0 radical (unpaired) electrons. The van der Waals surface area contributed by atoms with Gasteiger partial charge in [-0.05, 0) is 0 Å². The summed E-state index contributed by atoms with van der Waals surface area (Å²) in [5.41, 5.74) is 0.948. The van der Waals surface area contributed by atoms with Crippen LogP contribution < -0.4 is 13.9 Å². The molecule has 1 fully saturated rings. The van der Waals surface area contributed by atoms with Gasteiger partial charge in [-0.1, -0.05) is 0 Å². The Balaban J connectivity index is 1.61. The summed E-state index contributed by atoms with van der Waals surface area (Å²) in [6.07, 6.45) is -2.31. The molecule has 0 saturated heterocycles. The third-order valence-electron chi connectivity index (χ3n) is 7.16. The predicted octanol–water partition coefficient (Wildman–Crippen LogP) is 5.25. The Labute approximate surface area is 204 Å². The van der Waals surface area contributed by atoms with Gasteiger partial charge in [0.2, 0.25) is 0 Å². The SMILES string of the molecule is COc1cc(COC(=O)C(F)(F)F)cc2c1O[C@@]1(C)CC[C@H]([Se]c3ccccc3)C(C)(C)[C@H]1C2. The Bertz CT molecular complexity index is 1050. The zero-order chi connectivity index (χ0) is 24.7. The first-order chi connectivity index (χ1) is 15.9. The van der Waals surface area contributed by atoms with Crippen molar-refractivity contribution in [2.45, 2.75) is 63.2 Å². The molecule has 0 bridgehead atoms. The van der Waals surface area contributed by atoms with Crippen LogP contribution in [0.4, 0.5) is 13.2 Å². The van der Waals surface area contributed by atoms with Gasteiger partial charge >= 0.3 is 204 Å². The first-order valence-corrected chi connectivity index (χ1v) is 13.1. The van der Waals surface area contributed by atoms with E-state index in [0.717, 1.165) is 24.8 Å². The molecule has 3 atom stereocenters. The average molecular weight is 541 g/mol.